The third kappa shape index (κ3) is 1.84. The predicted octanol–water partition coefficient (Wildman–Crippen LogP) is -0.343. The number of rotatable bonds is 2. The third-order valence-corrected chi connectivity index (χ3v) is 1.94. The zero-order valence-electron chi connectivity index (χ0n) is 7.23. The molecule has 2 N–H and O–H groups in total. The highest BCUT2D eigenvalue weighted by Crippen LogP contribution is 2.19. The molecule has 1 rings (SSSR count). The van der Waals surface area contributed by atoms with Crippen LogP contribution in [-0.2, 0) is 9.47 Å². The fourth-order valence-corrected chi connectivity index (χ4v) is 1.16. The molecule has 0 fully saturated rings. The van der Waals surface area contributed by atoms with Gasteiger partial charge in [-0.15, -0.1) is 0 Å². The van der Waals surface area contributed by atoms with Crippen molar-refractivity contribution in [1.29, 1.82) is 0 Å². The number of ether oxygens (including phenoxy) is 2. The summed E-state index contributed by atoms with van der Waals surface area (Å²) in [6, 6.07) is 0. The molecule has 0 saturated carbocycles. The Hall–Kier alpha value is -0.420. The Morgan fingerprint density at radius 1 is 1.67 bits per heavy atom. The SMILES string of the molecule is CO[C@@H]1C=C(C)[C@@H](O)[C@H](CO)O1. The van der Waals surface area contributed by atoms with E-state index in [2.05, 4.69) is 0 Å². The van der Waals surface area contributed by atoms with Gasteiger partial charge in [0.2, 0.25) is 0 Å². The van der Waals surface area contributed by atoms with Gasteiger partial charge in [-0.3, -0.25) is 0 Å². The largest absolute Gasteiger partial charge is 0.394 e. The number of aliphatic hydroxyl groups is 2. The van der Waals surface area contributed by atoms with Crippen LogP contribution in [0.1, 0.15) is 6.92 Å². The molecule has 1 aliphatic heterocycles. The van der Waals surface area contributed by atoms with E-state index in [9.17, 15) is 5.11 Å². The van der Waals surface area contributed by atoms with Crippen LogP contribution in [-0.4, -0.2) is 42.4 Å². The second-order valence-corrected chi connectivity index (χ2v) is 2.82. The van der Waals surface area contributed by atoms with Gasteiger partial charge in [-0.2, -0.15) is 0 Å². The first kappa shape index (κ1) is 9.67. The van der Waals surface area contributed by atoms with E-state index in [1.807, 2.05) is 0 Å². The molecule has 4 heteroatoms. The van der Waals surface area contributed by atoms with Crippen molar-refractivity contribution in [3.05, 3.63) is 11.6 Å². The lowest BCUT2D eigenvalue weighted by atomic mass is 10.0. The van der Waals surface area contributed by atoms with E-state index in [-0.39, 0.29) is 6.61 Å². The number of methoxy groups -OCH3 is 1. The minimum atomic E-state index is -0.721. The van der Waals surface area contributed by atoms with Crippen molar-refractivity contribution in [3.8, 4) is 0 Å². The van der Waals surface area contributed by atoms with Gasteiger partial charge in [0.15, 0.2) is 6.29 Å². The standard InChI is InChI=1S/C8H14O4/c1-5-3-7(11-2)12-6(4-9)8(5)10/h3,6-10H,4H2,1-2H3/t6-,7-,8+/m0/s1. The van der Waals surface area contributed by atoms with Crippen molar-refractivity contribution in [3.63, 3.8) is 0 Å². The Bertz CT molecular complexity index is 178. The Morgan fingerprint density at radius 3 is 2.83 bits per heavy atom. The average molecular weight is 174 g/mol. The molecule has 0 aromatic carbocycles. The first-order valence-corrected chi connectivity index (χ1v) is 3.84. The van der Waals surface area contributed by atoms with Crippen molar-refractivity contribution in [2.24, 2.45) is 0 Å². The summed E-state index contributed by atoms with van der Waals surface area (Å²) >= 11 is 0. The van der Waals surface area contributed by atoms with E-state index >= 15 is 0 Å². The zero-order chi connectivity index (χ0) is 9.14. The average Bonchev–Trinajstić information content (AvgIpc) is 2.09. The predicted molar refractivity (Wildman–Crippen MR) is 42.5 cm³/mol. The molecule has 3 atom stereocenters. The summed E-state index contributed by atoms with van der Waals surface area (Å²) < 4.78 is 10.1. The van der Waals surface area contributed by atoms with E-state index in [1.165, 1.54) is 7.11 Å². The van der Waals surface area contributed by atoms with E-state index < -0.39 is 18.5 Å². The van der Waals surface area contributed by atoms with Gasteiger partial charge in [0.05, 0.1) is 6.61 Å². The monoisotopic (exact) mass is 174 g/mol. The molecule has 0 aromatic rings. The Balaban J connectivity index is 2.69. The molecular weight excluding hydrogens is 160 g/mol. The van der Waals surface area contributed by atoms with Crippen LogP contribution in [0.4, 0.5) is 0 Å². The van der Waals surface area contributed by atoms with Crippen LogP contribution >= 0.6 is 0 Å². The van der Waals surface area contributed by atoms with Crippen molar-refractivity contribution in [1.82, 2.24) is 0 Å². The highest BCUT2D eigenvalue weighted by atomic mass is 16.7. The molecule has 12 heavy (non-hydrogen) atoms. The van der Waals surface area contributed by atoms with Crippen LogP contribution in [0.2, 0.25) is 0 Å². The normalized spacial score (nSPS) is 36.3. The van der Waals surface area contributed by atoms with E-state index in [0.717, 1.165) is 5.57 Å². The van der Waals surface area contributed by atoms with Crippen LogP contribution in [0.5, 0.6) is 0 Å². The number of hydrogen-bond donors (Lipinski definition) is 2. The molecule has 4 nitrogen and oxygen atoms in total. The maximum absolute atomic E-state index is 9.44. The topological polar surface area (TPSA) is 58.9 Å². The summed E-state index contributed by atoms with van der Waals surface area (Å²) in [7, 11) is 1.51. The highest BCUT2D eigenvalue weighted by molar-refractivity contribution is 5.11. The lowest BCUT2D eigenvalue weighted by Crippen LogP contribution is -2.40. The summed E-state index contributed by atoms with van der Waals surface area (Å²) in [6.07, 6.45) is -0.0523. The second-order valence-electron chi connectivity index (χ2n) is 2.82. The smallest absolute Gasteiger partial charge is 0.177 e. The molecule has 1 heterocycles. The van der Waals surface area contributed by atoms with Gasteiger partial charge in [-0.1, -0.05) is 0 Å². The van der Waals surface area contributed by atoms with Gasteiger partial charge in [0.25, 0.3) is 0 Å². The molecule has 0 aliphatic carbocycles. The van der Waals surface area contributed by atoms with Gasteiger partial charge >= 0.3 is 0 Å². The van der Waals surface area contributed by atoms with E-state index in [0.29, 0.717) is 0 Å². The van der Waals surface area contributed by atoms with Crippen LogP contribution in [0.3, 0.4) is 0 Å². The maximum atomic E-state index is 9.44. The summed E-state index contributed by atoms with van der Waals surface area (Å²) in [5.41, 5.74) is 0.771. The Labute approximate surface area is 71.4 Å². The summed E-state index contributed by atoms with van der Waals surface area (Å²) in [5, 5.41) is 18.3. The summed E-state index contributed by atoms with van der Waals surface area (Å²) in [5.74, 6) is 0. The van der Waals surface area contributed by atoms with Gasteiger partial charge in [0, 0.05) is 7.11 Å². The van der Waals surface area contributed by atoms with Gasteiger partial charge in [-0.25, -0.2) is 0 Å². The van der Waals surface area contributed by atoms with E-state index in [1.54, 1.807) is 13.0 Å². The van der Waals surface area contributed by atoms with Gasteiger partial charge in [-0.05, 0) is 18.6 Å². The van der Waals surface area contributed by atoms with Crippen LogP contribution in [0.25, 0.3) is 0 Å². The summed E-state index contributed by atoms with van der Waals surface area (Å²) in [6.45, 7) is 1.58. The Morgan fingerprint density at radius 2 is 2.33 bits per heavy atom. The minimum Gasteiger partial charge on any atom is -0.394 e. The second kappa shape index (κ2) is 4.00. The summed E-state index contributed by atoms with van der Waals surface area (Å²) in [4.78, 5) is 0. The van der Waals surface area contributed by atoms with Crippen LogP contribution in [0, 0.1) is 0 Å². The molecular formula is C8H14O4. The molecule has 0 unspecified atom stereocenters. The lowest BCUT2D eigenvalue weighted by Gasteiger charge is -2.30. The van der Waals surface area contributed by atoms with Crippen molar-refractivity contribution in [2.45, 2.75) is 25.4 Å². The number of aliphatic hydroxyl groups excluding tert-OH is 2. The third-order valence-electron chi connectivity index (χ3n) is 1.94. The van der Waals surface area contributed by atoms with Crippen molar-refractivity contribution >= 4 is 0 Å². The maximum Gasteiger partial charge on any atom is 0.177 e. The minimum absolute atomic E-state index is 0.202. The number of hydrogen-bond acceptors (Lipinski definition) is 4. The molecule has 0 amide bonds. The van der Waals surface area contributed by atoms with Crippen LogP contribution in [0.15, 0.2) is 11.6 Å². The van der Waals surface area contributed by atoms with Crippen LogP contribution < -0.4 is 0 Å². The molecule has 1 aliphatic rings. The molecule has 0 spiro atoms. The van der Waals surface area contributed by atoms with Gasteiger partial charge < -0.3 is 19.7 Å². The fraction of sp³-hybridized carbons (Fsp3) is 0.750. The van der Waals surface area contributed by atoms with Gasteiger partial charge in [0.1, 0.15) is 12.2 Å². The molecule has 0 radical (unpaired) electrons. The molecule has 0 bridgehead atoms. The quantitative estimate of drug-likeness (QED) is 0.562. The fourth-order valence-electron chi connectivity index (χ4n) is 1.16. The van der Waals surface area contributed by atoms with Crippen molar-refractivity contribution in [2.75, 3.05) is 13.7 Å². The Kier molecular flexibility index (Phi) is 3.22. The van der Waals surface area contributed by atoms with E-state index in [4.69, 9.17) is 14.6 Å². The highest BCUT2D eigenvalue weighted by Gasteiger charge is 2.28. The molecule has 0 saturated heterocycles. The molecule has 70 valence electrons. The first-order valence-electron chi connectivity index (χ1n) is 3.84. The van der Waals surface area contributed by atoms with Crippen molar-refractivity contribution < 1.29 is 19.7 Å². The first-order chi connectivity index (χ1) is 5.69. The lowest BCUT2D eigenvalue weighted by molar-refractivity contribution is -0.171. The zero-order valence-corrected chi connectivity index (χ0v) is 7.23. The molecule has 0 aromatic heterocycles.